The predicted molar refractivity (Wildman–Crippen MR) is 434 cm³/mol. The number of aliphatic imine (C=N–C) groups is 4. The molecule has 0 unspecified atom stereocenters. The molecule has 554 valence electrons. The molecule has 10 nitrogen and oxygen atoms in total. The van der Waals surface area contributed by atoms with Crippen molar-refractivity contribution in [2.75, 3.05) is 26.2 Å². The van der Waals surface area contributed by atoms with Crippen molar-refractivity contribution in [1.29, 1.82) is 0 Å². The summed E-state index contributed by atoms with van der Waals surface area (Å²) in [6.07, 6.45) is 36.7. The van der Waals surface area contributed by atoms with Crippen LogP contribution >= 0.6 is 0 Å². The van der Waals surface area contributed by atoms with E-state index in [1.807, 2.05) is 49.1 Å². The van der Waals surface area contributed by atoms with Crippen molar-refractivity contribution < 1.29 is 45.7 Å². The summed E-state index contributed by atoms with van der Waals surface area (Å²) in [5, 5.41) is 44.5. The minimum atomic E-state index is -2.25. The Morgan fingerprint density at radius 2 is 0.448 bits per heavy atom. The average Bonchev–Trinajstić information content (AvgIpc) is 1.60. The third kappa shape index (κ3) is 16.9. The van der Waals surface area contributed by atoms with Gasteiger partial charge in [-0.25, -0.2) is 0 Å². The molecular weight excluding hydrogens is 1460 g/mol. The van der Waals surface area contributed by atoms with Crippen LogP contribution in [0.25, 0.3) is 44.5 Å². The molecule has 0 aromatic heterocycles. The minimum absolute atomic E-state index is 0.0134. The number of hydrogen-bond donors (Lipinski definition) is 4. The molecule has 0 aliphatic heterocycles. The summed E-state index contributed by atoms with van der Waals surface area (Å²) in [5.74, 6) is 1.15. The Morgan fingerprint density at radius 1 is 0.267 bits per heavy atom. The predicted octanol–water partition coefficient (Wildman–Crippen LogP) is 24.4. The number of aromatic hydroxyl groups is 4. The summed E-state index contributed by atoms with van der Waals surface area (Å²) in [4.78, 5) is 19.0. The monoisotopic (exact) mass is 1580 g/mol. The molecule has 0 bridgehead atoms. The van der Waals surface area contributed by atoms with E-state index in [4.69, 9.17) is 26.8 Å². The van der Waals surface area contributed by atoms with Crippen LogP contribution in [-0.4, -0.2) is 71.5 Å². The van der Waals surface area contributed by atoms with Crippen LogP contribution in [0.15, 0.2) is 166 Å². The zero-order valence-electron chi connectivity index (χ0n) is 64.2. The number of phenolic OH excluding ortho intramolecular Hbond substituents is 4. The first-order valence-electron chi connectivity index (χ1n) is 40.1. The maximum atomic E-state index is 11.1. The molecule has 0 amide bonds. The molecule has 11 heteroatoms. The Kier molecular flexibility index (Phi) is 28.7. The van der Waals surface area contributed by atoms with Gasteiger partial charge in [-0.15, -0.1) is 0 Å². The fourth-order valence-corrected chi connectivity index (χ4v) is 18.1. The standard InChI is InChI=1S/2C47H58N2O2.2O.W/c2*1-5-9-22-46(23-10-6-2)40-20-15-13-18-36(40)38-30-44(50)34(28-42(38)46)32-48-26-17-27-49-33-35-29-43-39(31-45(35)51)37-19-14-16-21-41(37)47(43,24-11-7-3)25-12-8-4;;;/h2*13-16,18-21,28-33,50-51H,5-12,17,22-27H2,1-4H3;;;. The van der Waals surface area contributed by atoms with E-state index in [0.717, 1.165) is 86.5 Å². The van der Waals surface area contributed by atoms with Crippen molar-refractivity contribution >= 4 is 24.9 Å². The molecular formula is C94H116N4O6W. The van der Waals surface area contributed by atoms with E-state index < -0.39 is 18.5 Å². The number of phenols is 4. The average molecular weight is 1580 g/mol. The molecule has 12 rings (SSSR count). The fourth-order valence-electron chi connectivity index (χ4n) is 18.1. The Balaban J connectivity index is 0.000000217. The van der Waals surface area contributed by atoms with Gasteiger partial charge in [0.15, 0.2) is 0 Å². The van der Waals surface area contributed by atoms with Gasteiger partial charge in [-0.3, -0.25) is 20.0 Å². The second-order valence-corrected chi connectivity index (χ2v) is 30.6. The molecule has 8 aromatic carbocycles. The molecule has 4 aliphatic rings. The van der Waals surface area contributed by atoms with Crippen LogP contribution in [-0.2, 0) is 46.9 Å². The van der Waals surface area contributed by atoms with Crippen LogP contribution in [0.2, 0.25) is 0 Å². The van der Waals surface area contributed by atoms with E-state index in [1.54, 1.807) is 0 Å². The van der Waals surface area contributed by atoms with Gasteiger partial charge in [-0.05, 0) is 202 Å². The van der Waals surface area contributed by atoms with Gasteiger partial charge in [-0.2, -0.15) is 0 Å². The van der Waals surface area contributed by atoms with Crippen LogP contribution in [0.5, 0.6) is 23.0 Å². The van der Waals surface area contributed by atoms with E-state index in [-0.39, 0.29) is 44.7 Å². The Bertz CT molecular complexity index is 3830. The fraction of sp³-hybridized carbons (Fsp3) is 0.447. The van der Waals surface area contributed by atoms with E-state index in [1.165, 1.54) is 192 Å². The molecule has 0 radical (unpaired) electrons. The Labute approximate surface area is 636 Å². The van der Waals surface area contributed by atoms with Gasteiger partial charge in [0, 0.05) is 95.0 Å². The van der Waals surface area contributed by atoms with Crippen molar-refractivity contribution in [3.63, 3.8) is 0 Å². The second kappa shape index (κ2) is 37.9. The van der Waals surface area contributed by atoms with Crippen LogP contribution in [0.3, 0.4) is 0 Å². The molecule has 0 atom stereocenters. The zero-order chi connectivity index (χ0) is 74.4. The summed E-state index contributed by atoms with van der Waals surface area (Å²) in [7, 11) is 0. The molecule has 0 saturated carbocycles. The number of benzene rings is 8. The van der Waals surface area contributed by atoms with Gasteiger partial charge in [0.05, 0.1) is 0 Å². The first-order chi connectivity index (χ1) is 51.3. The summed E-state index contributed by atoms with van der Waals surface area (Å²) >= 11 is -2.25. The Morgan fingerprint density at radius 3 is 0.629 bits per heavy atom. The maximum absolute atomic E-state index is 11.1. The van der Waals surface area contributed by atoms with Gasteiger partial charge in [0.2, 0.25) is 0 Å². The third-order valence-electron chi connectivity index (χ3n) is 23.4. The van der Waals surface area contributed by atoms with E-state index in [2.05, 4.69) is 177 Å². The van der Waals surface area contributed by atoms with Crippen LogP contribution in [0.1, 0.15) is 289 Å². The summed E-state index contributed by atoms with van der Waals surface area (Å²) in [6, 6.07) is 52.0. The second-order valence-electron chi connectivity index (χ2n) is 30.1. The van der Waals surface area contributed by atoms with Crippen LogP contribution < -0.4 is 0 Å². The van der Waals surface area contributed by atoms with Gasteiger partial charge in [-0.1, -0.05) is 255 Å². The third-order valence-corrected chi connectivity index (χ3v) is 23.4. The number of rotatable bonds is 36. The number of unbranched alkanes of at least 4 members (excludes halogenated alkanes) is 8. The van der Waals surface area contributed by atoms with Crippen molar-refractivity contribution in [3.05, 3.63) is 212 Å². The topological polar surface area (TPSA) is 164 Å². The normalized spacial score (nSPS) is 14.7. The first-order valence-corrected chi connectivity index (χ1v) is 42.5. The molecule has 105 heavy (non-hydrogen) atoms. The van der Waals surface area contributed by atoms with Gasteiger partial charge < -0.3 is 20.4 Å². The number of nitrogens with zero attached hydrogens (tertiary/aromatic N) is 4. The van der Waals surface area contributed by atoms with Crippen molar-refractivity contribution in [2.45, 2.75) is 244 Å². The molecule has 0 fully saturated rings. The van der Waals surface area contributed by atoms with E-state index in [0.29, 0.717) is 26.2 Å². The molecule has 0 saturated heterocycles. The SMILES string of the molecule is CCCCC1(CCCC)c2ccccc2-c2cc(O)c(C=NCCCN=Cc3cc4c(cc3O)-c3ccccc3C4(CCCC)CCCC)cc21.CCCCC1(CCCC)c2ccccc2-c2cc(O)c(C=NCCCN=Cc3cc4c(cc3O)-c3ccccc3C4(CCCC)CCCC)cc21.[O]=[W]=[O]. The number of fused-ring (bicyclic) bond motifs is 12. The van der Waals surface area contributed by atoms with Gasteiger partial charge in [0.25, 0.3) is 0 Å². The van der Waals surface area contributed by atoms with E-state index in [9.17, 15) is 20.4 Å². The van der Waals surface area contributed by atoms with Crippen molar-refractivity contribution in [2.24, 2.45) is 20.0 Å². The molecule has 0 spiro atoms. The van der Waals surface area contributed by atoms with Crippen LogP contribution in [0.4, 0.5) is 0 Å². The summed E-state index contributed by atoms with van der Waals surface area (Å²) in [6.45, 7) is 20.7. The zero-order valence-corrected chi connectivity index (χ0v) is 67.1. The number of hydrogen-bond acceptors (Lipinski definition) is 10. The Hall–Kier alpha value is -8.07. The van der Waals surface area contributed by atoms with Crippen LogP contribution in [0, 0.1) is 0 Å². The molecule has 8 aromatic rings. The molecule has 0 heterocycles. The summed E-state index contributed by atoms with van der Waals surface area (Å²) in [5.41, 5.74) is 23.9. The van der Waals surface area contributed by atoms with Gasteiger partial charge >= 0.3 is 25.3 Å². The quantitative estimate of drug-likeness (QED) is 0.0226. The van der Waals surface area contributed by atoms with E-state index >= 15 is 0 Å². The van der Waals surface area contributed by atoms with Crippen molar-refractivity contribution in [1.82, 2.24) is 0 Å². The van der Waals surface area contributed by atoms with Gasteiger partial charge in [0.1, 0.15) is 23.0 Å². The first kappa shape index (κ1) is 79.5. The molecule has 4 N–H and O–H groups in total. The summed E-state index contributed by atoms with van der Waals surface area (Å²) < 4.78 is 17.1. The molecule has 4 aliphatic carbocycles. The van der Waals surface area contributed by atoms with Crippen molar-refractivity contribution in [3.8, 4) is 67.5 Å².